The standard InChI is InChI=1S/C14H20N2O3/c1-10-8-13(12(9-15-10)14(17)18)19-7-5-11-4-3-6-16(11)2/h8-9,11H,3-7H2,1-2H3,(H,17,18). The lowest BCUT2D eigenvalue weighted by molar-refractivity contribution is 0.0691. The van der Waals surface area contributed by atoms with Crippen LogP contribution in [0.2, 0.25) is 0 Å². The largest absolute Gasteiger partial charge is 0.492 e. The molecule has 1 aliphatic rings. The van der Waals surface area contributed by atoms with Gasteiger partial charge in [-0.15, -0.1) is 0 Å². The highest BCUT2D eigenvalue weighted by Gasteiger charge is 2.21. The van der Waals surface area contributed by atoms with Crippen LogP contribution in [-0.4, -0.2) is 47.2 Å². The van der Waals surface area contributed by atoms with Crippen LogP contribution in [0.4, 0.5) is 0 Å². The van der Waals surface area contributed by atoms with E-state index in [0.29, 0.717) is 18.4 Å². The number of carbonyl (C=O) groups is 1. The molecule has 2 rings (SSSR count). The Hall–Kier alpha value is -1.62. The van der Waals surface area contributed by atoms with Crippen molar-refractivity contribution >= 4 is 5.97 Å². The van der Waals surface area contributed by atoms with Crippen molar-refractivity contribution in [2.24, 2.45) is 0 Å². The molecule has 104 valence electrons. The minimum atomic E-state index is -1.000. The Labute approximate surface area is 113 Å². The van der Waals surface area contributed by atoms with Crippen molar-refractivity contribution in [2.45, 2.75) is 32.2 Å². The highest BCUT2D eigenvalue weighted by Crippen LogP contribution is 2.21. The fourth-order valence-electron chi connectivity index (χ4n) is 2.46. The number of rotatable bonds is 5. The van der Waals surface area contributed by atoms with Gasteiger partial charge in [-0.1, -0.05) is 0 Å². The number of carboxylic acid groups (broad SMARTS) is 1. The first-order chi connectivity index (χ1) is 9.08. The van der Waals surface area contributed by atoms with Crippen molar-refractivity contribution < 1.29 is 14.6 Å². The summed E-state index contributed by atoms with van der Waals surface area (Å²) in [7, 11) is 2.12. The van der Waals surface area contributed by atoms with Crippen molar-refractivity contribution in [2.75, 3.05) is 20.2 Å². The van der Waals surface area contributed by atoms with Crippen LogP contribution < -0.4 is 4.74 Å². The van der Waals surface area contributed by atoms with E-state index in [2.05, 4.69) is 16.9 Å². The second kappa shape index (κ2) is 6.02. The van der Waals surface area contributed by atoms with Gasteiger partial charge >= 0.3 is 5.97 Å². The lowest BCUT2D eigenvalue weighted by Crippen LogP contribution is -2.26. The summed E-state index contributed by atoms with van der Waals surface area (Å²) in [5.41, 5.74) is 0.892. The molecule has 0 aromatic carbocycles. The van der Waals surface area contributed by atoms with E-state index in [4.69, 9.17) is 9.84 Å². The fourth-order valence-corrected chi connectivity index (χ4v) is 2.46. The van der Waals surface area contributed by atoms with E-state index < -0.39 is 5.97 Å². The Morgan fingerprint density at radius 3 is 3.05 bits per heavy atom. The summed E-state index contributed by atoms with van der Waals surface area (Å²) in [5, 5.41) is 9.08. The fraction of sp³-hybridized carbons (Fsp3) is 0.571. The van der Waals surface area contributed by atoms with Gasteiger partial charge in [-0.05, 0) is 39.8 Å². The van der Waals surface area contributed by atoms with Crippen LogP contribution in [0, 0.1) is 6.92 Å². The van der Waals surface area contributed by atoms with Gasteiger partial charge in [0.2, 0.25) is 0 Å². The van der Waals surface area contributed by atoms with Gasteiger partial charge in [-0.3, -0.25) is 4.98 Å². The normalized spacial score (nSPS) is 19.6. The Morgan fingerprint density at radius 1 is 1.63 bits per heavy atom. The van der Waals surface area contributed by atoms with Crippen LogP contribution >= 0.6 is 0 Å². The van der Waals surface area contributed by atoms with Crippen molar-refractivity contribution in [1.29, 1.82) is 0 Å². The maximum absolute atomic E-state index is 11.1. The van der Waals surface area contributed by atoms with E-state index in [-0.39, 0.29) is 5.56 Å². The number of ether oxygens (including phenoxy) is 1. The van der Waals surface area contributed by atoms with E-state index in [0.717, 1.165) is 18.7 Å². The molecule has 5 heteroatoms. The van der Waals surface area contributed by atoms with E-state index in [1.165, 1.54) is 19.0 Å². The number of hydrogen-bond acceptors (Lipinski definition) is 4. The van der Waals surface area contributed by atoms with Crippen LogP contribution in [0.3, 0.4) is 0 Å². The van der Waals surface area contributed by atoms with Gasteiger partial charge in [0, 0.05) is 24.0 Å². The van der Waals surface area contributed by atoms with Gasteiger partial charge < -0.3 is 14.7 Å². The molecule has 0 bridgehead atoms. The molecule has 0 saturated carbocycles. The van der Waals surface area contributed by atoms with Crippen molar-refractivity contribution in [3.63, 3.8) is 0 Å². The molecule has 1 atom stereocenters. The Bertz CT molecular complexity index is 462. The average Bonchev–Trinajstić information content (AvgIpc) is 2.75. The van der Waals surface area contributed by atoms with Crippen LogP contribution in [0.25, 0.3) is 0 Å². The number of aromatic carboxylic acids is 1. The smallest absolute Gasteiger partial charge is 0.341 e. The predicted octanol–water partition coefficient (Wildman–Crippen LogP) is 1.95. The molecule has 0 radical (unpaired) electrons. The van der Waals surface area contributed by atoms with Crippen LogP contribution in [0.15, 0.2) is 12.3 Å². The Kier molecular flexibility index (Phi) is 4.37. The highest BCUT2D eigenvalue weighted by atomic mass is 16.5. The van der Waals surface area contributed by atoms with Gasteiger partial charge in [0.05, 0.1) is 6.61 Å². The van der Waals surface area contributed by atoms with E-state index >= 15 is 0 Å². The third kappa shape index (κ3) is 3.44. The topological polar surface area (TPSA) is 62.7 Å². The minimum absolute atomic E-state index is 0.130. The molecule has 19 heavy (non-hydrogen) atoms. The van der Waals surface area contributed by atoms with Crippen molar-refractivity contribution in [1.82, 2.24) is 9.88 Å². The summed E-state index contributed by atoms with van der Waals surface area (Å²) >= 11 is 0. The highest BCUT2D eigenvalue weighted by molar-refractivity contribution is 5.90. The van der Waals surface area contributed by atoms with Gasteiger partial charge in [0.1, 0.15) is 11.3 Å². The van der Waals surface area contributed by atoms with Crippen LogP contribution in [0.5, 0.6) is 5.75 Å². The Morgan fingerprint density at radius 2 is 2.42 bits per heavy atom. The summed E-state index contributed by atoms with van der Waals surface area (Å²) in [5.74, 6) is -0.582. The Balaban J connectivity index is 1.95. The predicted molar refractivity (Wildman–Crippen MR) is 71.7 cm³/mol. The number of likely N-dealkylation sites (tertiary alicyclic amines) is 1. The molecule has 1 N–H and O–H groups in total. The zero-order valence-electron chi connectivity index (χ0n) is 11.4. The third-order valence-electron chi connectivity index (χ3n) is 3.61. The minimum Gasteiger partial charge on any atom is -0.492 e. The summed E-state index contributed by atoms with van der Waals surface area (Å²) < 4.78 is 5.64. The first-order valence-corrected chi connectivity index (χ1v) is 6.61. The quantitative estimate of drug-likeness (QED) is 0.880. The molecule has 0 spiro atoms. The number of pyridine rings is 1. The van der Waals surface area contributed by atoms with E-state index in [1.54, 1.807) is 6.07 Å². The molecule has 1 fully saturated rings. The molecule has 1 aromatic rings. The number of nitrogens with zero attached hydrogens (tertiary/aromatic N) is 2. The van der Waals surface area contributed by atoms with Gasteiger partial charge in [0.15, 0.2) is 0 Å². The third-order valence-corrected chi connectivity index (χ3v) is 3.61. The molecule has 1 aromatic heterocycles. The zero-order chi connectivity index (χ0) is 13.8. The molecule has 1 unspecified atom stereocenters. The lowest BCUT2D eigenvalue weighted by Gasteiger charge is -2.19. The van der Waals surface area contributed by atoms with E-state index in [9.17, 15) is 4.79 Å². The van der Waals surface area contributed by atoms with Crippen molar-refractivity contribution in [3.8, 4) is 5.75 Å². The molecule has 1 aliphatic heterocycles. The monoisotopic (exact) mass is 264 g/mol. The molecule has 0 amide bonds. The van der Waals surface area contributed by atoms with Crippen molar-refractivity contribution in [3.05, 3.63) is 23.5 Å². The number of carboxylic acids is 1. The lowest BCUT2D eigenvalue weighted by atomic mass is 10.1. The number of aryl methyl sites for hydroxylation is 1. The van der Waals surface area contributed by atoms with E-state index in [1.807, 2.05) is 6.92 Å². The summed E-state index contributed by atoms with van der Waals surface area (Å²) in [6, 6.07) is 2.23. The van der Waals surface area contributed by atoms with Gasteiger partial charge in [-0.2, -0.15) is 0 Å². The molecule has 5 nitrogen and oxygen atoms in total. The van der Waals surface area contributed by atoms with Gasteiger partial charge in [0.25, 0.3) is 0 Å². The van der Waals surface area contributed by atoms with Gasteiger partial charge in [-0.25, -0.2) is 4.79 Å². The SMILES string of the molecule is Cc1cc(OCCC2CCCN2C)c(C(=O)O)cn1. The number of hydrogen-bond donors (Lipinski definition) is 1. The molecule has 2 heterocycles. The maximum atomic E-state index is 11.1. The summed E-state index contributed by atoms with van der Waals surface area (Å²) in [6.07, 6.45) is 4.71. The summed E-state index contributed by atoms with van der Waals surface area (Å²) in [6.45, 7) is 3.50. The number of aromatic nitrogens is 1. The molecular formula is C14H20N2O3. The maximum Gasteiger partial charge on any atom is 0.341 e. The van der Waals surface area contributed by atoms with Crippen LogP contribution in [-0.2, 0) is 0 Å². The second-order valence-electron chi connectivity index (χ2n) is 5.04. The first-order valence-electron chi connectivity index (χ1n) is 6.61. The van der Waals surface area contributed by atoms with Crippen LogP contribution in [0.1, 0.15) is 35.3 Å². The summed E-state index contributed by atoms with van der Waals surface area (Å²) in [4.78, 5) is 17.4. The molecule has 0 aliphatic carbocycles. The molecular weight excluding hydrogens is 244 g/mol. The molecule has 1 saturated heterocycles. The first kappa shape index (κ1) is 13.8. The zero-order valence-corrected chi connectivity index (χ0v) is 11.4. The average molecular weight is 264 g/mol. The second-order valence-corrected chi connectivity index (χ2v) is 5.04.